The molecule has 0 saturated carbocycles. The van der Waals surface area contributed by atoms with E-state index >= 15 is 0 Å². The van der Waals surface area contributed by atoms with Gasteiger partial charge in [-0.05, 0) is 34.9 Å². The predicted octanol–water partition coefficient (Wildman–Crippen LogP) is 3.54. The fourth-order valence-corrected chi connectivity index (χ4v) is 1.45. The normalized spacial score (nSPS) is 10.1. The first-order valence-corrected chi connectivity index (χ1v) is 5.06. The maximum Gasteiger partial charge on any atom is 0.252 e. The van der Waals surface area contributed by atoms with Crippen LogP contribution in [0.2, 0.25) is 0 Å². The molecule has 0 saturated heterocycles. The van der Waals surface area contributed by atoms with Crippen LogP contribution in [-0.4, -0.2) is 5.24 Å². The maximum atomic E-state index is 10.9. The summed E-state index contributed by atoms with van der Waals surface area (Å²) in [5.41, 5.74) is 2.14. The second-order valence-electron chi connectivity index (χ2n) is 2.58. The van der Waals surface area contributed by atoms with E-state index in [1.54, 1.807) is 12.1 Å². The molecule has 0 aromatic heterocycles. The molecule has 0 aliphatic rings. The molecule has 0 atom stereocenters. The summed E-state index contributed by atoms with van der Waals surface area (Å²) >= 11 is 16.6. The topological polar surface area (TPSA) is 17.1 Å². The van der Waals surface area contributed by atoms with E-state index in [-0.39, 0.29) is 0 Å². The van der Waals surface area contributed by atoms with Gasteiger partial charge in [0.1, 0.15) is 0 Å². The summed E-state index contributed by atoms with van der Waals surface area (Å²) < 4.78 is 0. The molecule has 0 bridgehead atoms. The summed E-state index contributed by atoms with van der Waals surface area (Å²) in [5.74, 6) is 0.698. The van der Waals surface area contributed by atoms with Crippen molar-refractivity contribution >= 4 is 40.0 Å². The van der Waals surface area contributed by atoms with Crippen LogP contribution in [0, 0.1) is 0 Å². The quantitative estimate of drug-likeness (QED) is 0.580. The van der Waals surface area contributed by atoms with Crippen molar-refractivity contribution in [2.24, 2.45) is 0 Å². The van der Waals surface area contributed by atoms with Gasteiger partial charge in [-0.1, -0.05) is 6.07 Å². The summed E-state index contributed by atoms with van der Waals surface area (Å²) in [6.07, 6.45) is 0. The Labute approximate surface area is 91.6 Å². The lowest BCUT2D eigenvalue weighted by molar-refractivity contribution is 0.108. The zero-order chi connectivity index (χ0) is 9.84. The van der Waals surface area contributed by atoms with Crippen LogP contribution in [-0.2, 0) is 11.8 Å². The summed E-state index contributed by atoms with van der Waals surface area (Å²) in [6.45, 7) is 0. The van der Waals surface area contributed by atoms with Crippen LogP contribution in [0.1, 0.15) is 21.5 Å². The molecule has 0 heterocycles. The highest BCUT2D eigenvalue weighted by molar-refractivity contribution is 6.67. The lowest BCUT2D eigenvalue weighted by Gasteiger charge is -2.02. The fourth-order valence-electron chi connectivity index (χ4n) is 1.03. The first-order chi connectivity index (χ1) is 6.17. The van der Waals surface area contributed by atoms with Crippen LogP contribution < -0.4 is 0 Å². The van der Waals surface area contributed by atoms with Crippen molar-refractivity contribution in [2.45, 2.75) is 11.8 Å². The van der Waals surface area contributed by atoms with Crippen LogP contribution >= 0.6 is 34.8 Å². The Bertz CT molecular complexity index is 300. The summed E-state index contributed by atoms with van der Waals surface area (Å²) in [4.78, 5) is 10.9. The van der Waals surface area contributed by atoms with E-state index in [0.29, 0.717) is 17.3 Å². The third-order valence-corrected chi connectivity index (χ3v) is 2.42. The molecule has 1 rings (SSSR count). The van der Waals surface area contributed by atoms with E-state index < -0.39 is 5.24 Å². The molecule has 0 spiro atoms. The fraction of sp³-hybridized carbons (Fsp3) is 0.222. The third-order valence-electron chi connectivity index (χ3n) is 1.59. The van der Waals surface area contributed by atoms with E-state index in [2.05, 4.69) is 0 Å². The Kier molecular flexibility index (Phi) is 4.04. The Morgan fingerprint density at radius 1 is 1.08 bits per heavy atom. The molecule has 1 nitrogen and oxygen atoms in total. The van der Waals surface area contributed by atoms with Crippen molar-refractivity contribution in [3.63, 3.8) is 0 Å². The van der Waals surface area contributed by atoms with Gasteiger partial charge in [0.2, 0.25) is 0 Å². The molecule has 0 unspecified atom stereocenters. The molecule has 70 valence electrons. The van der Waals surface area contributed by atoms with Crippen molar-refractivity contribution in [3.05, 3.63) is 34.9 Å². The van der Waals surface area contributed by atoms with E-state index in [1.165, 1.54) is 0 Å². The number of rotatable bonds is 3. The van der Waals surface area contributed by atoms with Crippen molar-refractivity contribution < 1.29 is 4.79 Å². The monoisotopic (exact) mass is 236 g/mol. The van der Waals surface area contributed by atoms with Gasteiger partial charge in [0.25, 0.3) is 5.24 Å². The molecule has 0 aliphatic heterocycles. The minimum Gasteiger partial charge on any atom is -0.276 e. The minimum atomic E-state index is -0.488. The number of benzene rings is 1. The molecule has 0 radical (unpaired) electrons. The van der Waals surface area contributed by atoms with Gasteiger partial charge in [-0.15, -0.1) is 23.2 Å². The molecule has 1 aromatic carbocycles. The van der Waals surface area contributed by atoms with E-state index in [4.69, 9.17) is 34.8 Å². The minimum absolute atomic E-state index is 0.349. The van der Waals surface area contributed by atoms with Gasteiger partial charge in [-0.2, -0.15) is 0 Å². The molecule has 13 heavy (non-hydrogen) atoms. The first-order valence-electron chi connectivity index (χ1n) is 3.62. The highest BCUT2D eigenvalue weighted by atomic mass is 35.5. The van der Waals surface area contributed by atoms with Crippen LogP contribution in [0.15, 0.2) is 18.2 Å². The van der Waals surface area contributed by atoms with Crippen LogP contribution in [0.3, 0.4) is 0 Å². The summed E-state index contributed by atoms with van der Waals surface area (Å²) in [5, 5.41) is -0.488. The van der Waals surface area contributed by atoms with Crippen LogP contribution in [0.5, 0.6) is 0 Å². The zero-order valence-electron chi connectivity index (χ0n) is 6.69. The molecule has 1 aromatic rings. The van der Waals surface area contributed by atoms with Gasteiger partial charge >= 0.3 is 0 Å². The number of carbonyl (C=O) groups is 1. The number of hydrogen-bond acceptors (Lipinski definition) is 1. The van der Waals surface area contributed by atoms with E-state index in [0.717, 1.165) is 11.1 Å². The third kappa shape index (κ3) is 2.87. The van der Waals surface area contributed by atoms with Crippen molar-refractivity contribution in [2.75, 3.05) is 0 Å². The Morgan fingerprint density at radius 3 is 1.85 bits per heavy atom. The highest BCUT2D eigenvalue weighted by Gasteiger charge is 2.05. The second kappa shape index (κ2) is 4.85. The van der Waals surface area contributed by atoms with E-state index in [9.17, 15) is 4.79 Å². The highest BCUT2D eigenvalue weighted by Crippen LogP contribution is 2.15. The standard InChI is InChI=1S/C9H7Cl3O/c10-4-6-1-7(5-11)3-8(2-6)9(12)13/h1-3H,4-5H2. The summed E-state index contributed by atoms with van der Waals surface area (Å²) in [7, 11) is 0. The molecular formula is C9H7Cl3O. The average molecular weight is 238 g/mol. The summed E-state index contributed by atoms with van der Waals surface area (Å²) in [6, 6.07) is 5.18. The van der Waals surface area contributed by atoms with Gasteiger partial charge in [0.05, 0.1) is 0 Å². The van der Waals surface area contributed by atoms with Gasteiger partial charge in [-0.3, -0.25) is 4.79 Å². The van der Waals surface area contributed by atoms with Gasteiger partial charge in [-0.25, -0.2) is 0 Å². The number of halogens is 3. The molecule has 0 fully saturated rings. The molecule has 0 amide bonds. The number of alkyl halides is 2. The smallest absolute Gasteiger partial charge is 0.252 e. The average Bonchev–Trinajstić information content (AvgIpc) is 2.16. The zero-order valence-corrected chi connectivity index (χ0v) is 8.96. The Morgan fingerprint density at radius 2 is 1.54 bits per heavy atom. The number of hydrogen-bond donors (Lipinski definition) is 0. The number of carbonyl (C=O) groups excluding carboxylic acids is 1. The lowest BCUT2D eigenvalue weighted by Crippen LogP contribution is -1.93. The van der Waals surface area contributed by atoms with Crippen molar-refractivity contribution in [1.29, 1.82) is 0 Å². The Balaban J connectivity index is 3.14. The second-order valence-corrected chi connectivity index (χ2v) is 3.46. The van der Waals surface area contributed by atoms with E-state index in [1.807, 2.05) is 6.07 Å². The first kappa shape index (κ1) is 10.8. The van der Waals surface area contributed by atoms with Crippen molar-refractivity contribution in [1.82, 2.24) is 0 Å². The van der Waals surface area contributed by atoms with Gasteiger partial charge < -0.3 is 0 Å². The molecule has 0 N–H and O–H groups in total. The maximum absolute atomic E-state index is 10.9. The SMILES string of the molecule is O=C(Cl)c1cc(CCl)cc(CCl)c1. The van der Waals surface area contributed by atoms with Crippen LogP contribution in [0.4, 0.5) is 0 Å². The lowest BCUT2D eigenvalue weighted by atomic mass is 10.1. The van der Waals surface area contributed by atoms with Gasteiger partial charge in [0, 0.05) is 17.3 Å². The largest absolute Gasteiger partial charge is 0.276 e. The van der Waals surface area contributed by atoms with Crippen LogP contribution in [0.25, 0.3) is 0 Å². The molecule has 4 heteroatoms. The van der Waals surface area contributed by atoms with Gasteiger partial charge in [0.15, 0.2) is 0 Å². The van der Waals surface area contributed by atoms with Crippen molar-refractivity contribution in [3.8, 4) is 0 Å². The molecular weight excluding hydrogens is 230 g/mol. The molecule has 0 aliphatic carbocycles. The predicted molar refractivity (Wildman–Crippen MR) is 55.7 cm³/mol. The Hall–Kier alpha value is -0.240.